The van der Waals surface area contributed by atoms with E-state index in [4.69, 9.17) is 14.2 Å². The van der Waals surface area contributed by atoms with E-state index in [0.717, 1.165) is 57.8 Å². The SMILES string of the molecule is CCCCCCCCCCCCCCCCCCCCCC(=O)OC[C@@H](COC(=O)CCCCCCCCC)OC(=O)CCCCCCCCCCCCCCCCCCCC. The van der Waals surface area contributed by atoms with Crippen LogP contribution in [0.25, 0.3) is 0 Å². The minimum Gasteiger partial charge on any atom is -0.462 e. The Kier molecular flexibility index (Phi) is 50.7. The molecular weight excluding hydrogens is 769 g/mol. The maximum Gasteiger partial charge on any atom is 0.306 e. The minimum absolute atomic E-state index is 0.0620. The van der Waals surface area contributed by atoms with Crippen LogP contribution in [0.2, 0.25) is 0 Å². The van der Waals surface area contributed by atoms with Gasteiger partial charge in [-0.1, -0.05) is 284 Å². The minimum atomic E-state index is -0.759. The Hall–Kier alpha value is -1.59. The Balaban J connectivity index is 4.14. The molecule has 0 unspecified atom stereocenters. The van der Waals surface area contributed by atoms with E-state index in [0.29, 0.717) is 19.3 Å². The van der Waals surface area contributed by atoms with Crippen LogP contribution >= 0.6 is 0 Å². The van der Waals surface area contributed by atoms with Crippen LogP contribution in [-0.2, 0) is 28.6 Å². The molecule has 0 fully saturated rings. The summed E-state index contributed by atoms with van der Waals surface area (Å²) in [6.45, 7) is 6.66. The lowest BCUT2D eigenvalue weighted by atomic mass is 10.0. The normalized spacial score (nSPS) is 11.9. The molecule has 6 nitrogen and oxygen atoms in total. The molecule has 1 atom stereocenters. The van der Waals surface area contributed by atoms with Crippen LogP contribution in [0.15, 0.2) is 0 Å². The van der Waals surface area contributed by atoms with E-state index >= 15 is 0 Å². The Morgan fingerprint density at radius 1 is 0.258 bits per heavy atom. The van der Waals surface area contributed by atoms with E-state index in [1.807, 2.05) is 0 Å². The van der Waals surface area contributed by atoms with Crippen molar-refractivity contribution in [2.75, 3.05) is 13.2 Å². The van der Waals surface area contributed by atoms with Gasteiger partial charge in [0.1, 0.15) is 13.2 Å². The van der Waals surface area contributed by atoms with E-state index in [2.05, 4.69) is 20.8 Å². The van der Waals surface area contributed by atoms with Crippen LogP contribution < -0.4 is 0 Å². The molecule has 6 heteroatoms. The summed E-state index contributed by atoms with van der Waals surface area (Å²) in [4.78, 5) is 37.9. The third kappa shape index (κ3) is 49.4. The van der Waals surface area contributed by atoms with Crippen LogP contribution in [-0.4, -0.2) is 37.2 Å². The molecule has 368 valence electrons. The number of unbranched alkanes of at least 4 members (excludes halogenated alkanes) is 41. The number of ether oxygens (including phenoxy) is 3. The molecule has 0 aromatic rings. The highest BCUT2D eigenvalue weighted by molar-refractivity contribution is 5.71. The third-order valence-electron chi connectivity index (χ3n) is 12.9. The molecule has 0 rings (SSSR count). The van der Waals surface area contributed by atoms with E-state index in [1.165, 1.54) is 225 Å². The monoisotopic (exact) mass is 877 g/mol. The fourth-order valence-electron chi connectivity index (χ4n) is 8.62. The van der Waals surface area contributed by atoms with Gasteiger partial charge in [-0.15, -0.1) is 0 Å². The second kappa shape index (κ2) is 52.0. The summed E-state index contributed by atoms with van der Waals surface area (Å²) in [5, 5.41) is 0. The summed E-state index contributed by atoms with van der Waals surface area (Å²) >= 11 is 0. The van der Waals surface area contributed by atoms with Gasteiger partial charge < -0.3 is 14.2 Å². The average molecular weight is 877 g/mol. The predicted molar refractivity (Wildman–Crippen MR) is 266 cm³/mol. The van der Waals surface area contributed by atoms with Crippen LogP contribution in [0, 0.1) is 0 Å². The van der Waals surface area contributed by atoms with Gasteiger partial charge in [0, 0.05) is 19.3 Å². The van der Waals surface area contributed by atoms with Crippen molar-refractivity contribution >= 4 is 17.9 Å². The number of hydrogen-bond acceptors (Lipinski definition) is 6. The Morgan fingerprint density at radius 2 is 0.435 bits per heavy atom. The molecule has 0 aliphatic heterocycles. The quantitative estimate of drug-likeness (QED) is 0.0344. The standard InChI is InChI=1S/C56H108O6/c1-4-7-10-13-16-18-20-22-24-26-28-30-31-33-35-37-40-43-46-49-55(58)61-52-53(51-60-54(57)48-45-42-39-15-12-9-6-3)62-56(59)50-47-44-41-38-36-34-32-29-27-25-23-21-19-17-14-11-8-5-2/h53H,4-52H2,1-3H3/t53-/m1/s1. The van der Waals surface area contributed by atoms with Crippen molar-refractivity contribution < 1.29 is 28.6 Å². The molecule has 0 saturated carbocycles. The summed E-state index contributed by atoms with van der Waals surface area (Å²) in [6, 6.07) is 0. The zero-order chi connectivity index (χ0) is 45.1. The zero-order valence-electron chi connectivity index (χ0n) is 42.2. The zero-order valence-corrected chi connectivity index (χ0v) is 42.2. The van der Waals surface area contributed by atoms with Gasteiger partial charge in [-0.25, -0.2) is 0 Å². The summed E-state index contributed by atoms with van der Waals surface area (Å²) in [7, 11) is 0. The van der Waals surface area contributed by atoms with E-state index in [9.17, 15) is 14.4 Å². The topological polar surface area (TPSA) is 78.9 Å². The molecule has 0 spiro atoms. The number of esters is 3. The van der Waals surface area contributed by atoms with E-state index < -0.39 is 6.10 Å². The van der Waals surface area contributed by atoms with E-state index in [1.54, 1.807) is 0 Å². The van der Waals surface area contributed by atoms with Gasteiger partial charge in [0.2, 0.25) is 0 Å². The molecule has 0 aromatic heterocycles. The summed E-state index contributed by atoms with van der Waals surface area (Å²) in [5.74, 6) is -0.844. The highest BCUT2D eigenvalue weighted by Crippen LogP contribution is 2.17. The Bertz CT molecular complexity index is 920. The molecule has 62 heavy (non-hydrogen) atoms. The molecule has 0 bridgehead atoms. The van der Waals surface area contributed by atoms with Gasteiger partial charge in [-0.3, -0.25) is 14.4 Å². The number of hydrogen-bond donors (Lipinski definition) is 0. The van der Waals surface area contributed by atoms with E-state index in [-0.39, 0.29) is 31.1 Å². The van der Waals surface area contributed by atoms with Crippen LogP contribution in [0.3, 0.4) is 0 Å². The fraction of sp³-hybridized carbons (Fsp3) is 0.946. The molecule has 0 aliphatic carbocycles. The predicted octanol–water partition coefficient (Wildman–Crippen LogP) is 18.4. The number of carbonyl (C=O) groups is 3. The Morgan fingerprint density at radius 3 is 0.645 bits per heavy atom. The van der Waals surface area contributed by atoms with Crippen molar-refractivity contribution in [3.05, 3.63) is 0 Å². The molecular formula is C56H108O6. The van der Waals surface area contributed by atoms with Gasteiger partial charge in [0.25, 0.3) is 0 Å². The van der Waals surface area contributed by atoms with Crippen molar-refractivity contribution in [2.45, 2.75) is 329 Å². The lowest BCUT2D eigenvalue weighted by Crippen LogP contribution is -2.30. The maximum absolute atomic E-state index is 12.8. The first kappa shape index (κ1) is 60.4. The number of carbonyl (C=O) groups excluding carboxylic acids is 3. The van der Waals surface area contributed by atoms with Crippen molar-refractivity contribution in [1.29, 1.82) is 0 Å². The first-order valence-electron chi connectivity index (χ1n) is 28.0. The highest BCUT2D eigenvalue weighted by atomic mass is 16.6. The molecule has 0 radical (unpaired) electrons. The summed E-state index contributed by atoms with van der Waals surface area (Å²) in [6.07, 6.45) is 56.8. The smallest absolute Gasteiger partial charge is 0.306 e. The maximum atomic E-state index is 12.8. The Labute approximate surface area is 387 Å². The molecule has 0 amide bonds. The molecule has 0 N–H and O–H groups in total. The van der Waals surface area contributed by atoms with Crippen molar-refractivity contribution in [3.8, 4) is 0 Å². The summed E-state index contributed by atoms with van der Waals surface area (Å²) in [5.41, 5.74) is 0. The van der Waals surface area contributed by atoms with Crippen LogP contribution in [0.5, 0.6) is 0 Å². The summed E-state index contributed by atoms with van der Waals surface area (Å²) < 4.78 is 16.8. The lowest BCUT2D eigenvalue weighted by Gasteiger charge is -2.18. The van der Waals surface area contributed by atoms with Gasteiger partial charge >= 0.3 is 17.9 Å². The van der Waals surface area contributed by atoms with Crippen LogP contribution in [0.4, 0.5) is 0 Å². The second-order valence-corrected chi connectivity index (χ2v) is 19.2. The largest absolute Gasteiger partial charge is 0.462 e. The van der Waals surface area contributed by atoms with Gasteiger partial charge in [-0.2, -0.15) is 0 Å². The fourth-order valence-corrected chi connectivity index (χ4v) is 8.62. The highest BCUT2D eigenvalue weighted by Gasteiger charge is 2.19. The molecule has 0 saturated heterocycles. The molecule has 0 aliphatic rings. The average Bonchev–Trinajstić information content (AvgIpc) is 3.27. The van der Waals surface area contributed by atoms with Crippen molar-refractivity contribution in [1.82, 2.24) is 0 Å². The third-order valence-corrected chi connectivity index (χ3v) is 12.9. The number of rotatable bonds is 52. The first-order chi connectivity index (χ1) is 30.5. The van der Waals surface area contributed by atoms with Crippen molar-refractivity contribution in [2.24, 2.45) is 0 Å². The molecule has 0 aromatic carbocycles. The van der Waals surface area contributed by atoms with Gasteiger partial charge in [-0.05, 0) is 19.3 Å². The van der Waals surface area contributed by atoms with Crippen LogP contribution in [0.1, 0.15) is 323 Å². The molecule has 0 heterocycles. The first-order valence-corrected chi connectivity index (χ1v) is 28.0. The van der Waals surface area contributed by atoms with Gasteiger partial charge in [0.15, 0.2) is 6.10 Å². The van der Waals surface area contributed by atoms with Gasteiger partial charge in [0.05, 0.1) is 0 Å². The van der Waals surface area contributed by atoms with Crippen molar-refractivity contribution in [3.63, 3.8) is 0 Å². The lowest BCUT2D eigenvalue weighted by molar-refractivity contribution is -0.167. The second-order valence-electron chi connectivity index (χ2n) is 19.2.